The van der Waals surface area contributed by atoms with E-state index in [9.17, 15) is 0 Å². The van der Waals surface area contributed by atoms with Crippen molar-refractivity contribution >= 4 is 27.4 Å². The van der Waals surface area contributed by atoms with Crippen LogP contribution in [0.15, 0.2) is 17.8 Å². The van der Waals surface area contributed by atoms with Crippen molar-refractivity contribution in [2.24, 2.45) is 0 Å². The molecule has 1 aliphatic rings. The van der Waals surface area contributed by atoms with Gasteiger partial charge in [-0.25, -0.2) is 9.97 Å². The van der Waals surface area contributed by atoms with Gasteiger partial charge in [0.2, 0.25) is 0 Å². The van der Waals surface area contributed by atoms with Crippen molar-refractivity contribution in [3.05, 3.63) is 17.8 Å². The van der Waals surface area contributed by atoms with Gasteiger partial charge in [0.05, 0.1) is 17.6 Å². The fourth-order valence-electron chi connectivity index (χ4n) is 2.38. The van der Waals surface area contributed by atoms with Crippen LogP contribution >= 0.6 is 11.3 Å². The third-order valence-corrected chi connectivity index (χ3v) is 3.78. The summed E-state index contributed by atoms with van der Waals surface area (Å²) in [5.41, 5.74) is 0. The van der Waals surface area contributed by atoms with Crippen molar-refractivity contribution in [2.75, 3.05) is 18.0 Å². The lowest BCUT2D eigenvalue weighted by atomic mass is 10.2. The lowest BCUT2D eigenvalue weighted by molar-refractivity contribution is -0.00537. The van der Waals surface area contributed by atoms with Gasteiger partial charge < -0.3 is 9.64 Å². The molecule has 5 heteroatoms. The number of nitrogens with zero attached hydrogens (tertiary/aromatic N) is 3. The molecular weight excluding hydrogens is 234 g/mol. The SMILES string of the molecule is CC1CN(c2ncnc3sccc23)CC(C)O1. The number of fused-ring (bicyclic) bond motifs is 1. The first kappa shape index (κ1) is 10.9. The molecule has 1 aliphatic heterocycles. The minimum atomic E-state index is 0.252. The zero-order valence-electron chi connectivity index (χ0n) is 9.96. The van der Waals surface area contributed by atoms with Crippen LogP contribution in [0.25, 0.3) is 10.2 Å². The molecule has 0 bridgehead atoms. The van der Waals surface area contributed by atoms with Gasteiger partial charge in [0.15, 0.2) is 0 Å². The molecule has 2 atom stereocenters. The van der Waals surface area contributed by atoms with E-state index < -0.39 is 0 Å². The Balaban J connectivity index is 2.00. The Kier molecular flexibility index (Phi) is 2.72. The third-order valence-electron chi connectivity index (χ3n) is 2.96. The molecular formula is C12H15N3OS. The average Bonchev–Trinajstić information content (AvgIpc) is 2.75. The molecule has 1 saturated heterocycles. The molecule has 0 spiro atoms. The predicted molar refractivity (Wildman–Crippen MR) is 69.6 cm³/mol. The molecule has 0 saturated carbocycles. The predicted octanol–water partition coefficient (Wildman–Crippen LogP) is 2.30. The monoisotopic (exact) mass is 249 g/mol. The summed E-state index contributed by atoms with van der Waals surface area (Å²) in [6.07, 6.45) is 2.16. The number of ether oxygens (including phenoxy) is 1. The van der Waals surface area contributed by atoms with E-state index in [1.54, 1.807) is 17.7 Å². The van der Waals surface area contributed by atoms with Crippen molar-refractivity contribution in [1.82, 2.24) is 9.97 Å². The van der Waals surface area contributed by atoms with Gasteiger partial charge in [-0.2, -0.15) is 0 Å². The summed E-state index contributed by atoms with van der Waals surface area (Å²) in [7, 11) is 0. The number of morpholine rings is 1. The minimum Gasteiger partial charge on any atom is -0.372 e. The topological polar surface area (TPSA) is 38.2 Å². The van der Waals surface area contributed by atoms with Gasteiger partial charge in [-0.05, 0) is 25.3 Å². The van der Waals surface area contributed by atoms with Crippen LogP contribution in [0.2, 0.25) is 0 Å². The molecule has 3 rings (SSSR count). The highest BCUT2D eigenvalue weighted by Gasteiger charge is 2.24. The van der Waals surface area contributed by atoms with Gasteiger partial charge in [0.1, 0.15) is 17.0 Å². The molecule has 17 heavy (non-hydrogen) atoms. The summed E-state index contributed by atoms with van der Waals surface area (Å²) in [5.74, 6) is 1.04. The van der Waals surface area contributed by atoms with Gasteiger partial charge in [0.25, 0.3) is 0 Å². The molecule has 1 fully saturated rings. The number of aromatic nitrogens is 2. The van der Waals surface area contributed by atoms with Gasteiger partial charge >= 0.3 is 0 Å². The summed E-state index contributed by atoms with van der Waals surface area (Å²) >= 11 is 1.66. The maximum Gasteiger partial charge on any atom is 0.140 e. The molecule has 2 aromatic rings. The number of thiophene rings is 1. The van der Waals surface area contributed by atoms with Crippen molar-refractivity contribution in [3.63, 3.8) is 0 Å². The van der Waals surface area contributed by atoms with E-state index in [-0.39, 0.29) is 12.2 Å². The first-order chi connectivity index (χ1) is 8.24. The molecule has 0 aliphatic carbocycles. The molecule has 0 N–H and O–H groups in total. The molecule has 2 unspecified atom stereocenters. The molecule has 4 nitrogen and oxygen atoms in total. The van der Waals surface area contributed by atoms with Crippen molar-refractivity contribution in [3.8, 4) is 0 Å². The molecule has 3 heterocycles. The Morgan fingerprint density at radius 2 is 2.06 bits per heavy atom. The second-order valence-electron chi connectivity index (χ2n) is 4.50. The third kappa shape index (κ3) is 2.00. The maximum absolute atomic E-state index is 5.75. The Hall–Kier alpha value is -1.20. The Morgan fingerprint density at radius 1 is 1.29 bits per heavy atom. The normalized spacial score (nSPS) is 25.4. The summed E-state index contributed by atoms with van der Waals surface area (Å²) < 4.78 is 5.75. The smallest absolute Gasteiger partial charge is 0.140 e. The lowest BCUT2D eigenvalue weighted by Crippen LogP contribution is -2.45. The number of hydrogen-bond acceptors (Lipinski definition) is 5. The Morgan fingerprint density at radius 3 is 2.82 bits per heavy atom. The summed E-state index contributed by atoms with van der Waals surface area (Å²) in [4.78, 5) is 12.1. The van der Waals surface area contributed by atoms with E-state index in [1.807, 2.05) is 0 Å². The van der Waals surface area contributed by atoms with Crippen LogP contribution in [-0.2, 0) is 4.74 Å². The zero-order valence-corrected chi connectivity index (χ0v) is 10.8. The van der Waals surface area contributed by atoms with Gasteiger partial charge in [0, 0.05) is 13.1 Å². The van der Waals surface area contributed by atoms with E-state index in [2.05, 4.69) is 40.2 Å². The molecule has 0 aromatic carbocycles. The van der Waals surface area contributed by atoms with Crippen molar-refractivity contribution in [1.29, 1.82) is 0 Å². The van der Waals surface area contributed by atoms with Crippen LogP contribution in [0.4, 0.5) is 5.82 Å². The molecule has 2 aromatic heterocycles. The second-order valence-corrected chi connectivity index (χ2v) is 5.39. The van der Waals surface area contributed by atoms with Crippen LogP contribution in [-0.4, -0.2) is 35.3 Å². The number of hydrogen-bond donors (Lipinski definition) is 0. The standard InChI is InChI=1S/C12H15N3OS/c1-8-5-15(6-9(2)16-8)11-10-3-4-17-12(10)14-7-13-11/h3-4,7-9H,5-6H2,1-2H3. The lowest BCUT2D eigenvalue weighted by Gasteiger charge is -2.36. The van der Waals surface area contributed by atoms with Crippen LogP contribution in [0.1, 0.15) is 13.8 Å². The van der Waals surface area contributed by atoms with Crippen molar-refractivity contribution in [2.45, 2.75) is 26.1 Å². The molecule has 90 valence electrons. The highest BCUT2D eigenvalue weighted by molar-refractivity contribution is 7.16. The molecule has 0 radical (unpaired) electrons. The summed E-state index contributed by atoms with van der Waals surface area (Å²) in [6, 6.07) is 2.10. The summed E-state index contributed by atoms with van der Waals surface area (Å²) in [6.45, 7) is 6.00. The van der Waals surface area contributed by atoms with Gasteiger partial charge in [-0.3, -0.25) is 0 Å². The number of anilines is 1. The Bertz CT molecular complexity index is 517. The van der Waals surface area contributed by atoms with E-state index in [1.165, 1.54) is 0 Å². The highest BCUT2D eigenvalue weighted by Crippen LogP contribution is 2.28. The van der Waals surface area contributed by atoms with Gasteiger partial charge in [-0.1, -0.05) is 0 Å². The van der Waals surface area contributed by atoms with E-state index >= 15 is 0 Å². The Labute approximate surface area is 104 Å². The number of rotatable bonds is 1. The maximum atomic E-state index is 5.75. The van der Waals surface area contributed by atoms with E-state index in [0.717, 1.165) is 29.1 Å². The van der Waals surface area contributed by atoms with Crippen LogP contribution in [0.3, 0.4) is 0 Å². The van der Waals surface area contributed by atoms with Gasteiger partial charge in [-0.15, -0.1) is 11.3 Å². The highest BCUT2D eigenvalue weighted by atomic mass is 32.1. The second kappa shape index (κ2) is 4.23. The first-order valence-corrected chi connectivity index (χ1v) is 6.70. The average molecular weight is 249 g/mol. The summed E-state index contributed by atoms with van der Waals surface area (Å²) in [5, 5.41) is 3.22. The quantitative estimate of drug-likeness (QED) is 0.777. The van der Waals surface area contributed by atoms with Crippen LogP contribution in [0, 0.1) is 0 Å². The zero-order chi connectivity index (χ0) is 11.8. The van der Waals surface area contributed by atoms with Crippen molar-refractivity contribution < 1.29 is 4.74 Å². The van der Waals surface area contributed by atoms with Crippen LogP contribution < -0.4 is 4.90 Å². The largest absolute Gasteiger partial charge is 0.372 e. The molecule has 0 amide bonds. The van der Waals surface area contributed by atoms with E-state index in [0.29, 0.717) is 0 Å². The van der Waals surface area contributed by atoms with E-state index in [4.69, 9.17) is 4.74 Å². The first-order valence-electron chi connectivity index (χ1n) is 5.82. The minimum absolute atomic E-state index is 0.252. The fourth-order valence-corrected chi connectivity index (χ4v) is 3.11. The van der Waals surface area contributed by atoms with Crippen LogP contribution in [0.5, 0.6) is 0 Å². The fraction of sp³-hybridized carbons (Fsp3) is 0.500.